The van der Waals surface area contributed by atoms with Gasteiger partial charge in [-0.15, -0.1) is 0 Å². The lowest BCUT2D eigenvalue weighted by Crippen LogP contribution is -2.30. The van der Waals surface area contributed by atoms with E-state index in [9.17, 15) is 14.4 Å². The maximum Gasteiger partial charge on any atom is 0.331 e. The third kappa shape index (κ3) is 5.93. The second-order valence-electron chi connectivity index (χ2n) is 4.91. The third-order valence-corrected chi connectivity index (χ3v) is 2.71. The summed E-state index contributed by atoms with van der Waals surface area (Å²) >= 11 is 0. The molecule has 0 saturated heterocycles. The highest BCUT2D eigenvalue weighted by Crippen LogP contribution is 2.13. The van der Waals surface area contributed by atoms with Crippen LogP contribution in [0.1, 0.15) is 33.7 Å². The molecule has 0 saturated carbocycles. The fourth-order valence-electron chi connectivity index (χ4n) is 1.65. The smallest absolute Gasteiger partial charge is 0.331 e. The molecule has 126 valence electrons. The Balaban J connectivity index is 2.55. The zero-order chi connectivity index (χ0) is 17.4. The maximum atomic E-state index is 12.0. The molecule has 0 aliphatic carbocycles. The summed E-state index contributed by atoms with van der Waals surface area (Å²) in [6, 6.07) is 1.72. The Labute approximate surface area is 134 Å². The van der Waals surface area contributed by atoms with E-state index in [1.165, 1.54) is 6.92 Å². The molecule has 0 aliphatic heterocycles. The number of ether oxygens (including phenoxy) is 2. The molecule has 0 radical (unpaired) electrons. The molecular formula is C15H21N3O5. The van der Waals surface area contributed by atoms with E-state index in [1.54, 1.807) is 23.9 Å². The topological polar surface area (TPSA) is 99.5 Å². The largest absolute Gasteiger partial charge is 0.463 e. The van der Waals surface area contributed by atoms with E-state index in [1.807, 2.05) is 13.8 Å². The first kappa shape index (κ1) is 18.4. The Bertz CT molecular complexity index is 592. The van der Waals surface area contributed by atoms with Crippen molar-refractivity contribution in [2.24, 2.45) is 0 Å². The SMILES string of the molecule is CCOC(=O)C=CC(=O)OC(C)C(=O)Nc1ccnn1C(C)C. The molecule has 23 heavy (non-hydrogen) atoms. The quantitative estimate of drug-likeness (QED) is 0.602. The van der Waals surface area contributed by atoms with Gasteiger partial charge in [0.25, 0.3) is 5.91 Å². The summed E-state index contributed by atoms with van der Waals surface area (Å²) < 4.78 is 11.2. The summed E-state index contributed by atoms with van der Waals surface area (Å²) in [4.78, 5) is 34.6. The Morgan fingerprint density at radius 1 is 1.26 bits per heavy atom. The van der Waals surface area contributed by atoms with Gasteiger partial charge in [-0.25, -0.2) is 14.3 Å². The van der Waals surface area contributed by atoms with Crippen molar-refractivity contribution in [3.63, 3.8) is 0 Å². The van der Waals surface area contributed by atoms with Gasteiger partial charge in [-0.3, -0.25) is 4.79 Å². The molecule has 0 aliphatic rings. The number of nitrogens with one attached hydrogen (secondary N) is 1. The number of nitrogens with zero attached hydrogens (tertiary/aromatic N) is 2. The van der Waals surface area contributed by atoms with Gasteiger partial charge in [-0.1, -0.05) is 0 Å². The molecule has 1 aromatic heterocycles. The fraction of sp³-hybridized carbons (Fsp3) is 0.467. The summed E-state index contributed by atoms with van der Waals surface area (Å²) in [6.07, 6.45) is 2.41. The number of aromatic nitrogens is 2. The lowest BCUT2D eigenvalue weighted by Gasteiger charge is -2.15. The summed E-state index contributed by atoms with van der Waals surface area (Å²) in [7, 11) is 0. The van der Waals surface area contributed by atoms with E-state index in [0.717, 1.165) is 12.2 Å². The standard InChI is InChI=1S/C15H21N3O5/c1-5-22-13(19)6-7-14(20)23-11(4)15(21)17-12-8-9-16-18(12)10(2)3/h6-11H,5H2,1-4H3,(H,17,21). The van der Waals surface area contributed by atoms with E-state index >= 15 is 0 Å². The van der Waals surface area contributed by atoms with Crippen molar-refractivity contribution in [2.45, 2.75) is 39.8 Å². The van der Waals surface area contributed by atoms with E-state index in [-0.39, 0.29) is 12.6 Å². The number of rotatable bonds is 7. The van der Waals surface area contributed by atoms with Crippen molar-refractivity contribution >= 4 is 23.7 Å². The Morgan fingerprint density at radius 2 is 1.91 bits per heavy atom. The molecular weight excluding hydrogens is 302 g/mol. The Kier molecular flexibility index (Phi) is 6.98. The molecule has 0 aromatic carbocycles. The molecule has 1 aromatic rings. The lowest BCUT2D eigenvalue weighted by molar-refractivity contribution is -0.148. The number of carbonyl (C=O) groups excluding carboxylic acids is 3. The molecule has 1 heterocycles. The normalized spacial score (nSPS) is 12.2. The number of hydrogen-bond donors (Lipinski definition) is 1. The van der Waals surface area contributed by atoms with Gasteiger partial charge in [0.1, 0.15) is 5.82 Å². The van der Waals surface area contributed by atoms with Crippen LogP contribution in [0.15, 0.2) is 24.4 Å². The minimum absolute atomic E-state index is 0.0747. The van der Waals surface area contributed by atoms with Crippen LogP contribution in [0.2, 0.25) is 0 Å². The highest BCUT2D eigenvalue weighted by molar-refractivity contribution is 5.96. The summed E-state index contributed by atoms with van der Waals surface area (Å²) in [6.45, 7) is 7.14. The van der Waals surface area contributed by atoms with E-state index in [0.29, 0.717) is 5.82 Å². The Hall–Kier alpha value is -2.64. The Morgan fingerprint density at radius 3 is 2.52 bits per heavy atom. The highest BCUT2D eigenvalue weighted by atomic mass is 16.5. The first-order valence-electron chi connectivity index (χ1n) is 7.25. The number of anilines is 1. The molecule has 8 nitrogen and oxygen atoms in total. The third-order valence-electron chi connectivity index (χ3n) is 2.71. The van der Waals surface area contributed by atoms with Crippen LogP contribution < -0.4 is 5.32 Å². The van der Waals surface area contributed by atoms with Gasteiger partial charge < -0.3 is 14.8 Å². The van der Waals surface area contributed by atoms with Crippen molar-refractivity contribution in [3.8, 4) is 0 Å². The average Bonchev–Trinajstić information content (AvgIpc) is 2.93. The average molecular weight is 323 g/mol. The van der Waals surface area contributed by atoms with Gasteiger partial charge in [0.15, 0.2) is 6.10 Å². The van der Waals surface area contributed by atoms with Crippen LogP contribution in [0.25, 0.3) is 0 Å². The van der Waals surface area contributed by atoms with Gasteiger partial charge in [-0.05, 0) is 27.7 Å². The monoisotopic (exact) mass is 323 g/mol. The second kappa shape index (κ2) is 8.72. The second-order valence-corrected chi connectivity index (χ2v) is 4.91. The number of carbonyl (C=O) groups is 3. The minimum Gasteiger partial charge on any atom is -0.463 e. The lowest BCUT2D eigenvalue weighted by atomic mass is 10.3. The minimum atomic E-state index is -1.02. The zero-order valence-corrected chi connectivity index (χ0v) is 13.6. The maximum absolute atomic E-state index is 12.0. The number of amides is 1. The van der Waals surface area contributed by atoms with Gasteiger partial charge in [0, 0.05) is 24.3 Å². The van der Waals surface area contributed by atoms with Crippen molar-refractivity contribution in [2.75, 3.05) is 11.9 Å². The van der Waals surface area contributed by atoms with Crippen LogP contribution >= 0.6 is 0 Å². The van der Waals surface area contributed by atoms with Crippen molar-refractivity contribution in [1.82, 2.24) is 9.78 Å². The molecule has 1 N–H and O–H groups in total. The van der Waals surface area contributed by atoms with Crippen LogP contribution in [0.5, 0.6) is 0 Å². The van der Waals surface area contributed by atoms with Crippen LogP contribution in [0, 0.1) is 0 Å². The molecule has 8 heteroatoms. The van der Waals surface area contributed by atoms with Crippen molar-refractivity contribution in [3.05, 3.63) is 24.4 Å². The molecule has 0 bridgehead atoms. The van der Waals surface area contributed by atoms with Crippen LogP contribution in [-0.4, -0.2) is 40.3 Å². The van der Waals surface area contributed by atoms with E-state index in [2.05, 4.69) is 15.2 Å². The molecule has 1 rings (SSSR count). The summed E-state index contributed by atoms with van der Waals surface area (Å²) in [5, 5.41) is 6.72. The van der Waals surface area contributed by atoms with Crippen LogP contribution in [0.4, 0.5) is 5.82 Å². The van der Waals surface area contributed by atoms with Gasteiger partial charge in [0.2, 0.25) is 0 Å². The summed E-state index contributed by atoms with van der Waals surface area (Å²) in [5.41, 5.74) is 0. The predicted molar refractivity (Wildman–Crippen MR) is 82.6 cm³/mol. The van der Waals surface area contributed by atoms with Crippen LogP contribution in [-0.2, 0) is 23.9 Å². The first-order chi connectivity index (χ1) is 10.8. The van der Waals surface area contributed by atoms with Gasteiger partial charge in [-0.2, -0.15) is 5.10 Å². The first-order valence-corrected chi connectivity index (χ1v) is 7.25. The van der Waals surface area contributed by atoms with Crippen LogP contribution in [0.3, 0.4) is 0 Å². The summed E-state index contributed by atoms with van der Waals surface area (Å²) in [5.74, 6) is -1.44. The molecule has 0 fully saturated rings. The van der Waals surface area contributed by atoms with E-state index < -0.39 is 23.9 Å². The van der Waals surface area contributed by atoms with Gasteiger partial charge in [0.05, 0.1) is 12.8 Å². The zero-order valence-electron chi connectivity index (χ0n) is 13.6. The molecule has 1 amide bonds. The van der Waals surface area contributed by atoms with Crippen molar-refractivity contribution < 1.29 is 23.9 Å². The van der Waals surface area contributed by atoms with Crippen molar-refractivity contribution in [1.29, 1.82) is 0 Å². The fourth-order valence-corrected chi connectivity index (χ4v) is 1.65. The molecule has 1 atom stereocenters. The van der Waals surface area contributed by atoms with Gasteiger partial charge >= 0.3 is 11.9 Å². The number of hydrogen-bond acceptors (Lipinski definition) is 6. The van der Waals surface area contributed by atoms with E-state index in [4.69, 9.17) is 4.74 Å². The molecule has 0 spiro atoms. The predicted octanol–water partition coefficient (Wildman–Crippen LogP) is 1.45. The highest BCUT2D eigenvalue weighted by Gasteiger charge is 2.18. The number of esters is 2. The molecule has 1 unspecified atom stereocenters.